The van der Waals surface area contributed by atoms with Gasteiger partial charge in [-0.2, -0.15) is 0 Å². The molecule has 0 aliphatic heterocycles. The van der Waals surface area contributed by atoms with E-state index in [-0.39, 0.29) is 6.10 Å². The van der Waals surface area contributed by atoms with Crippen molar-refractivity contribution < 1.29 is 9.90 Å². The Labute approximate surface area is 130 Å². The van der Waals surface area contributed by atoms with Crippen LogP contribution in [0.2, 0.25) is 0 Å². The molecule has 1 rings (SSSR count). The molecule has 2 heteroatoms. The van der Waals surface area contributed by atoms with Crippen LogP contribution in [0.1, 0.15) is 84.0 Å². The Hall–Kier alpha value is -0.890. The Balaban J connectivity index is 1.89. The van der Waals surface area contributed by atoms with Gasteiger partial charge in [-0.05, 0) is 24.0 Å². The third kappa shape index (κ3) is 8.21. The average Bonchev–Trinajstić information content (AvgIpc) is 2.98. The molecule has 120 valence electrons. The number of rotatable bonds is 13. The predicted octanol–water partition coefficient (Wildman–Crippen LogP) is 5.11. The van der Waals surface area contributed by atoms with Crippen molar-refractivity contribution in [1.29, 1.82) is 0 Å². The number of aliphatic hydroxyl groups is 1. The molecule has 0 saturated heterocycles. The SMILES string of the molecule is CCCCCCCCCCCCC(O)C1=CC=C(C=O)C1. The first kappa shape index (κ1) is 18.2. The lowest BCUT2D eigenvalue weighted by molar-refractivity contribution is -0.105. The van der Waals surface area contributed by atoms with Gasteiger partial charge in [0.1, 0.15) is 6.29 Å². The maximum absolute atomic E-state index is 10.6. The van der Waals surface area contributed by atoms with E-state index in [2.05, 4.69) is 6.92 Å². The number of aliphatic hydroxyl groups excluding tert-OH is 1. The predicted molar refractivity (Wildman–Crippen MR) is 89.3 cm³/mol. The lowest BCUT2D eigenvalue weighted by Gasteiger charge is -2.12. The second-order valence-electron chi connectivity index (χ2n) is 6.26. The van der Waals surface area contributed by atoms with Gasteiger partial charge < -0.3 is 5.11 Å². The van der Waals surface area contributed by atoms with Gasteiger partial charge in [0.15, 0.2) is 0 Å². The summed E-state index contributed by atoms with van der Waals surface area (Å²) in [5.41, 5.74) is 1.79. The number of aldehydes is 1. The molecule has 0 bridgehead atoms. The van der Waals surface area contributed by atoms with Crippen LogP contribution in [0.5, 0.6) is 0 Å². The van der Waals surface area contributed by atoms with Crippen molar-refractivity contribution in [2.24, 2.45) is 0 Å². The maximum Gasteiger partial charge on any atom is 0.146 e. The lowest BCUT2D eigenvalue weighted by Crippen LogP contribution is -2.09. The van der Waals surface area contributed by atoms with Gasteiger partial charge in [-0.1, -0.05) is 83.3 Å². The molecule has 21 heavy (non-hydrogen) atoms. The fraction of sp³-hybridized carbons (Fsp3) is 0.737. The summed E-state index contributed by atoms with van der Waals surface area (Å²) in [7, 11) is 0. The summed E-state index contributed by atoms with van der Waals surface area (Å²) in [5.74, 6) is 0. The largest absolute Gasteiger partial charge is 0.389 e. The van der Waals surface area contributed by atoms with Crippen LogP contribution in [0.25, 0.3) is 0 Å². The van der Waals surface area contributed by atoms with Crippen LogP contribution in [-0.2, 0) is 4.79 Å². The molecule has 0 heterocycles. The third-order valence-corrected chi connectivity index (χ3v) is 4.33. The van der Waals surface area contributed by atoms with Crippen LogP contribution >= 0.6 is 0 Å². The highest BCUT2D eigenvalue weighted by Crippen LogP contribution is 2.23. The zero-order valence-electron chi connectivity index (χ0n) is 13.7. The van der Waals surface area contributed by atoms with E-state index in [4.69, 9.17) is 0 Å². The van der Waals surface area contributed by atoms with Gasteiger partial charge in [0.05, 0.1) is 6.10 Å². The molecular formula is C19H32O2. The molecule has 0 fully saturated rings. The van der Waals surface area contributed by atoms with Gasteiger partial charge >= 0.3 is 0 Å². The molecule has 0 aromatic rings. The highest BCUT2D eigenvalue weighted by Gasteiger charge is 2.15. The molecule has 2 nitrogen and oxygen atoms in total. The Bertz CT molecular complexity index is 341. The lowest BCUT2D eigenvalue weighted by atomic mass is 10.00. The summed E-state index contributed by atoms with van der Waals surface area (Å²) in [5, 5.41) is 10.1. The van der Waals surface area contributed by atoms with E-state index >= 15 is 0 Å². The molecule has 0 radical (unpaired) electrons. The van der Waals surface area contributed by atoms with Gasteiger partial charge in [-0.3, -0.25) is 4.79 Å². The highest BCUT2D eigenvalue weighted by molar-refractivity contribution is 5.76. The van der Waals surface area contributed by atoms with E-state index in [0.717, 1.165) is 30.3 Å². The van der Waals surface area contributed by atoms with Crippen molar-refractivity contribution in [3.8, 4) is 0 Å². The van der Waals surface area contributed by atoms with E-state index in [1.54, 1.807) is 0 Å². The molecule has 1 atom stereocenters. The number of carbonyl (C=O) groups excluding carboxylic acids is 1. The summed E-state index contributed by atoms with van der Waals surface area (Å²) in [6, 6.07) is 0. The molecule has 1 aliphatic carbocycles. The first-order valence-electron chi connectivity index (χ1n) is 8.80. The first-order chi connectivity index (χ1) is 10.3. The van der Waals surface area contributed by atoms with Crippen molar-refractivity contribution in [2.75, 3.05) is 0 Å². The molecule has 0 amide bonds. The fourth-order valence-corrected chi connectivity index (χ4v) is 2.89. The molecule has 1 unspecified atom stereocenters. The Morgan fingerprint density at radius 2 is 1.57 bits per heavy atom. The zero-order chi connectivity index (χ0) is 15.3. The number of unbranched alkanes of at least 4 members (excludes halogenated alkanes) is 9. The van der Waals surface area contributed by atoms with E-state index in [1.165, 1.54) is 57.8 Å². The zero-order valence-corrected chi connectivity index (χ0v) is 13.7. The van der Waals surface area contributed by atoms with Crippen LogP contribution in [0, 0.1) is 0 Å². The molecule has 0 saturated carbocycles. The minimum atomic E-state index is -0.354. The topological polar surface area (TPSA) is 37.3 Å². The Morgan fingerprint density at radius 1 is 1.00 bits per heavy atom. The standard InChI is InChI=1S/C19H32O2/c1-2-3-4-5-6-7-8-9-10-11-12-19(21)18-14-13-17(15-18)16-20/h13-14,16,19,21H,2-12,15H2,1H3. The molecule has 0 aromatic heterocycles. The van der Waals surface area contributed by atoms with E-state index in [9.17, 15) is 9.90 Å². The molecule has 1 N–H and O–H groups in total. The molecule has 0 aromatic carbocycles. The number of hydrogen-bond donors (Lipinski definition) is 1. The normalized spacial score (nSPS) is 15.7. The van der Waals surface area contributed by atoms with Gasteiger partial charge in [-0.25, -0.2) is 0 Å². The van der Waals surface area contributed by atoms with Crippen molar-refractivity contribution in [2.45, 2.75) is 90.1 Å². The minimum absolute atomic E-state index is 0.354. The van der Waals surface area contributed by atoms with Crippen LogP contribution in [0.4, 0.5) is 0 Å². The quantitative estimate of drug-likeness (QED) is 0.378. The number of carbonyl (C=O) groups is 1. The second-order valence-corrected chi connectivity index (χ2v) is 6.26. The summed E-state index contributed by atoms with van der Waals surface area (Å²) < 4.78 is 0. The summed E-state index contributed by atoms with van der Waals surface area (Å²) in [6.45, 7) is 2.26. The van der Waals surface area contributed by atoms with Crippen LogP contribution in [0.15, 0.2) is 23.3 Å². The first-order valence-corrected chi connectivity index (χ1v) is 8.80. The second kappa shape index (κ2) is 11.7. The van der Waals surface area contributed by atoms with Crippen LogP contribution < -0.4 is 0 Å². The van der Waals surface area contributed by atoms with Gasteiger partial charge in [0.25, 0.3) is 0 Å². The smallest absolute Gasteiger partial charge is 0.146 e. The highest BCUT2D eigenvalue weighted by atomic mass is 16.3. The Morgan fingerprint density at radius 3 is 2.10 bits per heavy atom. The van der Waals surface area contributed by atoms with Crippen molar-refractivity contribution in [3.63, 3.8) is 0 Å². The van der Waals surface area contributed by atoms with E-state index in [0.29, 0.717) is 6.42 Å². The summed E-state index contributed by atoms with van der Waals surface area (Å²) in [4.78, 5) is 10.6. The van der Waals surface area contributed by atoms with Gasteiger partial charge in [0.2, 0.25) is 0 Å². The van der Waals surface area contributed by atoms with E-state index < -0.39 is 0 Å². The third-order valence-electron chi connectivity index (χ3n) is 4.33. The maximum atomic E-state index is 10.6. The molecule has 1 aliphatic rings. The van der Waals surface area contributed by atoms with Crippen molar-refractivity contribution >= 4 is 6.29 Å². The minimum Gasteiger partial charge on any atom is -0.389 e. The average molecular weight is 292 g/mol. The van der Waals surface area contributed by atoms with Crippen LogP contribution in [-0.4, -0.2) is 17.5 Å². The molecule has 0 spiro atoms. The molecular weight excluding hydrogens is 260 g/mol. The van der Waals surface area contributed by atoms with Crippen LogP contribution in [0.3, 0.4) is 0 Å². The summed E-state index contributed by atoms with van der Waals surface area (Å²) in [6.07, 6.45) is 18.9. The van der Waals surface area contributed by atoms with Crippen molar-refractivity contribution in [3.05, 3.63) is 23.3 Å². The number of allylic oxidation sites excluding steroid dienone is 3. The van der Waals surface area contributed by atoms with Gasteiger partial charge in [0, 0.05) is 0 Å². The summed E-state index contributed by atoms with van der Waals surface area (Å²) >= 11 is 0. The fourth-order valence-electron chi connectivity index (χ4n) is 2.89. The van der Waals surface area contributed by atoms with E-state index in [1.807, 2.05) is 12.2 Å². The Kier molecular flexibility index (Phi) is 10.1. The monoisotopic (exact) mass is 292 g/mol. The number of hydrogen-bond acceptors (Lipinski definition) is 2. The van der Waals surface area contributed by atoms with Crippen molar-refractivity contribution in [1.82, 2.24) is 0 Å². The van der Waals surface area contributed by atoms with Gasteiger partial charge in [-0.15, -0.1) is 0 Å².